The Bertz CT molecular complexity index is 1020. The van der Waals surface area contributed by atoms with Crippen LogP contribution >= 0.6 is 0 Å². The first-order chi connectivity index (χ1) is 14.5. The van der Waals surface area contributed by atoms with Crippen molar-refractivity contribution in [2.75, 3.05) is 0 Å². The Morgan fingerprint density at radius 2 is 1.80 bits per heavy atom. The Labute approximate surface area is 176 Å². The Balaban J connectivity index is 1.53. The molecule has 1 nitrogen and oxygen atoms in total. The van der Waals surface area contributed by atoms with Gasteiger partial charge in [0.05, 0.1) is 0 Å². The maximum Gasteiger partial charge on any atom is 0.147 e. The smallest absolute Gasteiger partial charge is 0.147 e. The summed E-state index contributed by atoms with van der Waals surface area (Å²) in [5.41, 5.74) is 2.56. The number of allylic oxidation sites excluding steroid dienone is 2. The summed E-state index contributed by atoms with van der Waals surface area (Å²) in [5, 5.41) is 8.95. The number of benzene rings is 2. The van der Waals surface area contributed by atoms with Crippen molar-refractivity contribution in [3.8, 4) is 6.07 Å². The zero-order chi connectivity index (χ0) is 21.3. The highest BCUT2D eigenvalue weighted by Gasteiger charge is 2.25. The van der Waals surface area contributed by atoms with Crippen molar-refractivity contribution in [1.29, 1.82) is 5.26 Å². The van der Waals surface area contributed by atoms with Crippen LogP contribution in [0.5, 0.6) is 0 Å². The molecule has 0 spiro atoms. The summed E-state index contributed by atoms with van der Waals surface area (Å²) in [6, 6.07) is 8.27. The molecule has 0 heterocycles. The highest BCUT2D eigenvalue weighted by atomic mass is 19.1. The molecule has 0 radical (unpaired) electrons. The van der Waals surface area contributed by atoms with E-state index in [4.69, 9.17) is 5.26 Å². The Hall–Kier alpha value is -2.54. The van der Waals surface area contributed by atoms with E-state index in [1.165, 1.54) is 31.7 Å². The second-order valence-corrected chi connectivity index (χ2v) is 8.65. The number of rotatable bonds is 4. The molecule has 2 aromatic carbocycles. The van der Waals surface area contributed by atoms with Crippen LogP contribution in [0.1, 0.15) is 79.2 Å². The third-order valence-electron chi connectivity index (χ3n) is 6.81. The SMILES string of the molecule is CCCC1CCC(c2ccc(C3=CCc4c(cc(F)c(C#N)c4F)C3)c(F)c2)CC1. The van der Waals surface area contributed by atoms with Gasteiger partial charge in [-0.1, -0.05) is 38.0 Å². The van der Waals surface area contributed by atoms with Gasteiger partial charge in [-0.2, -0.15) is 5.26 Å². The van der Waals surface area contributed by atoms with Crippen molar-refractivity contribution in [1.82, 2.24) is 0 Å². The first kappa shape index (κ1) is 20.7. The van der Waals surface area contributed by atoms with Crippen molar-refractivity contribution < 1.29 is 13.2 Å². The number of hydrogen-bond acceptors (Lipinski definition) is 1. The van der Waals surface area contributed by atoms with Gasteiger partial charge in [-0.15, -0.1) is 0 Å². The molecular weight excluding hydrogens is 383 g/mol. The molecule has 0 atom stereocenters. The van der Waals surface area contributed by atoms with Gasteiger partial charge in [0.15, 0.2) is 0 Å². The van der Waals surface area contributed by atoms with Crippen molar-refractivity contribution >= 4 is 5.57 Å². The molecule has 2 aliphatic rings. The molecule has 0 unspecified atom stereocenters. The summed E-state index contributed by atoms with van der Waals surface area (Å²) < 4.78 is 43.4. The molecule has 0 amide bonds. The highest BCUT2D eigenvalue weighted by molar-refractivity contribution is 5.71. The number of nitriles is 1. The van der Waals surface area contributed by atoms with Crippen LogP contribution in [0.4, 0.5) is 13.2 Å². The molecule has 1 saturated carbocycles. The lowest BCUT2D eigenvalue weighted by Gasteiger charge is -2.29. The fraction of sp³-hybridized carbons (Fsp3) is 0.423. The molecule has 1 fully saturated rings. The third-order valence-corrected chi connectivity index (χ3v) is 6.81. The van der Waals surface area contributed by atoms with Gasteiger partial charge >= 0.3 is 0 Å². The first-order valence-corrected chi connectivity index (χ1v) is 10.9. The summed E-state index contributed by atoms with van der Waals surface area (Å²) in [6.45, 7) is 2.23. The van der Waals surface area contributed by atoms with Crippen LogP contribution in [0.3, 0.4) is 0 Å². The third kappa shape index (κ3) is 3.90. The molecule has 30 heavy (non-hydrogen) atoms. The molecule has 0 aliphatic heterocycles. The van der Waals surface area contributed by atoms with E-state index in [-0.39, 0.29) is 18.7 Å². The lowest BCUT2D eigenvalue weighted by atomic mass is 9.77. The number of fused-ring (bicyclic) bond motifs is 1. The topological polar surface area (TPSA) is 23.8 Å². The zero-order valence-electron chi connectivity index (χ0n) is 17.3. The molecule has 4 heteroatoms. The van der Waals surface area contributed by atoms with Crippen LogP contribution in [-0.4, -0.2) is 0 Å². The van der Waals surface area contributed by atoms with Crippen LogP contribution in [0.2, 0.25) is 0 Å². The van der Waals surface area contributed by atoms with E-state index in [0.717, 1.165) is 29.9 Å². The summed E-state index contributed by atoms with van der Waals surface area (Å²) in [4.78, 5) is 0. The summed E-state index contributed by atoms with van der Waals surface area (Å²) in [7, 11) is 0. The van der Waals surface area contributed by atoms with Gasteiger partial charge in [-0.05, 0) is 84.8 Å². The van der Waals surface area contributed by atoms with Crippen LogP contribution < -0.4 is 0 Å². The molecule has 2 aliphatic carbocycles. The molecule has 0 aromatic heterocycles. The van der Waals surface area contributed by atoms with E-state index in [1.54, 1.807) is 18.2 Å². The quantitative estimate of drug-likeness (QED) is 0.522. The summed E-state index contributed by atoms with van der Waals surface area (Å²) >= 11 is 0. The van der Waals surface area contributed by atoms with Gasteiger partial charge in [-0.25, -0.2) is 13.2 Å². The zero-order valence-corrected chi connectivity index (χ0v) is 17.3. The first-order valence-electron chi connectivity index (χ1n) is 10.9. The molecule has 156 valence electrons. The minimum atomic E-state index is -0.857. The van der Waals surface area contributed by atoms with E-state index >= 15 is 4.39 Å². The fourth-order valence-corrected chi connectivity index (χ4v) is 5.14. The van der Waals surface area contributed by atoms with Gasteiger partial charge in [0.2, 0.25) is 0 Å². The van der Waals surface area contributed by atoms with E-state index in [0.29, 0.717) is 22.6 Å². The van der Waals surface area contributed by atoms with Crippen LogP contribution in [-0.2, 0) is 12.8 Å². The standard InChI is InChI=1S/C26H26F3N/c1-2-3-16-4-6-17(7-5-16)18-8-10-21(24(27)13-18)19-9-11-22-20(12-19)14-25(28)23(15-30)26(22)29/h8-10,13-14,16-17H,2-7,11-12H2,1H3. The lowest BCUT2D eigenvalue weighted by molar-refractivity contribution is 0.308. The number of hydrogen-bond donors (Lipinski definition) is 0. The number of halogens is 3. The largest absolute Gasteiger partial charge is 0.206 e. The van der Waals surface area contributed by atoms with E-state index in [9.17, 15) is 8.78 Å². The predicted octanol–water partition coefficient (Wildman–Crippen LogP) is 7.23. The molecule has 4 rings (SSSR count). The average molecular weight is 409 g/mol. The van der Waals surface area contributed by atoms with Crippen molar-refractivity contribution in [2.45, 2.75) is 64.2 Å². The van der Waals surface area contributed by atoms with Crippen LogP contribution in [0.15, 0.2) is 30.3 Å². The van der Waals surface area contributed by atoms with Crippen LogP contribution in [0, 0.1) is 34.7 Å². The maximum atomic E-state index is 15.0. The van der Waals surface area contributed by atoms with Gasteiger partial charge in [0.1, 0.15) is 29.1 Å². The monoisotopic (exact) mass is 409 g/mol. The van der Waals surface area contributed by atoms with E-state index in [1.807, 2.05) is 12.1 Å². The van der Waals surface area contributed by atoms with Crippen molar-refractivity contribution in [2.24, 2.45) is 5.92 Å². The molecule has 0 N–H and O–H groups in total. The van der Waals surface area contributed by atoms with Gasteiger partial charge in [-0.3, -0.25) is 0 Å². The van der Waals surface area contributed by atoms with E-state index in [2.05, 4.69) is 6.92 Å². The average Bonchev–Trinajstić information content (AvgIpc) is 2.74. The van der Waals surface area contributed by atoms with Crippen LogP contribution in [0.25, 0.3) is 5.57 Å². The summed E-state index contributed by atoms with van der Waals surface area (Å²) in [5.74, 6) is -0.699. The second-order valence-electron chi connectivity index (χ2n) is 8.65. The van der Waals surface area contributed by atoms with Gasteiger partial charge in [0, 0.05) is 5.56 Å². The lowest BCUT2D eigenvalue weighted by Crippen LogP contribution is -2.13. The maximum absolute atomic E-state index is 15.0. The highest BCUT2D eigenvalue weighted by Crippen LogP contribution is 2.39. The number of nitrogens with zero attached hydrogens (tertiary/aromatic N) is 1. The van der Waals surface area contributed by atoms with Crippen molar-refractivity contribution in [3.63, 3.8) is 0 Å². The molecule has 2 aromatic rings. The second kappa shape index (κ2) is 8.68. The Morgan fingerprint density at radius 1 is 1.03 bits per heavy atom. The molecule has 0 saturated heterocycles. The van der Waals surface area contributed by atoms with Gasteiger partial charge in [0.25, 0.3) is 0 Å². The predicted molar refractivity (Wildman–Crippen MR) is 112 cm³/mol. The van der Waals surface area contributed by atoms with E-state index < -0.39 is 17.2 Å². The van der Waals surface area contributed by atoms with Gasteiger partial charge < -0.3 is 0 Å². The fourth-order valence-electron chi connectivity index (χ4n) is 5.14. The summed E-state index contributed by atoms with van der Waals surface area (Å²) in [6.07, 6.45) is 9.44. The minimum absolute atomic E-state index is 0.230. The molecular formula is C26H26F3N. The van der Waals surface area contributed by atoms with Crippen molar-refractivity contribution in [3.05, 3.63) is 75.6 Å². The Morgan fingerprint density at radius 3 is 2.47 bits per heavy atom. The molecule has 0 bridgehead atoms. The normalized spacial score (nSPS) is 21.0. The Kier molecular flexibility index (Phi) is 5.99. The minimum Gasteiger partial charge on any atom is -0.206 e.